The van der Waals surface area contributed by atoms with Gasteiger partial charge in [0, 0.05) is 26.2 Å². The van der Waals surface area contributed by atoms with Crippen LogP contribution in [-0.4, -0.2) is 35.3 Å². The summed E-state index contributed by atoms with van der Waals surface area (Å²) in [5.74, 6) is 0.543. The molecule has 0 N–H and O–H groups in total. The average molecular weight is 354 g/mol. The van der Waals surface area contributed by atoms with Gasteiger partial charge in [-0.3, -0.25) is 9.69 Å². The van der Waals surface area contributed by atoms with Gasteiger partial charge in [-0.05, 0) is 48.9 Å². The molecule has 138 valence electrons. The van der Waals surface area contributed by atoms with E-state index in [1.165, 1.54) is 30.5 Å². The Morgan fingerprint density at radius 2 is 1.65 bits per heavy atom. The molecular weight excluding hydrogens is 327 g/mol. The number of nitrogens with zero attached hydrogens (tertiary/aromatic N) is 2. The molecule has 3 nitrogen and oxygen atoms in total. The van der Waals surface area contributed by atoms with Gasteiger partial charge in [-0.2, -0.15) is 0 Å². The Morgan fingerprint density at radius 1 is 1.04 bits per heavy atom. The van der Waals surface area contributed by atoms with Crippen molar-refractivity contribution in [3.8, 4) is 0 Å². The average Bonchev–Trinajstić information content (AvgIpc) is 3.48. The molecule has 3 rings (SSSR count). The Bertz CT molecular complexity index is 713. The van der Waals surface area contributed by atoms with Crippen molar-refractivity contribution < 1.29 is 9.18 Å². The van der Waals surface area contributed by atoms with Gasteiger partial charge < -0.3 is 4.90 Å². The zero-order chi connectivity index (χ0) is 18.5. The molecule has 0 heterocycles. The zero-order valence-corrected chi connectivity index (χ0v) is 15.6. The van der Waals surface area contributed by atoms with E-state index >= 15 is 0 Å². The molecule has 4 heteroatoms. The van der Waals surface area contributed by atoms with Crippen LogP contribution in [0.4, 0.5) is 4.39 Å². The smallest absolute Gasteiger partial charge is 0.236 e. The highest BCUT2D eigenvalue weighted by Crippen LogP contribution is 2.35. The van der Waals surface area contributed by atoms with E-state index in [-0.39, 0.29) is 11.7 Å². The molecule has 0 aromatic heterocycles. The third-order valence-electron chi connectivity index (χ3n) is 5.21. The lowest BCUT2D eigenvalue weighted by molar-refractivity contribution is -0.132. The molecule has 1 aliphatic rings. The predicted molar refractivity (Wildman–Crippen MR) is 102 cm³/mol. The van der Waals surface area contributed by atoms with Gasteiger partial charge in [0.25, 0.3) is 0 Å². The Labute approximate surface area is 155 Å². The second-order valence-corrected chi connectivity index (χ2v) is 7.34. The number of benzene rings is 2. The summed E-state index contributed by atoms with van der Waals surface area (Å²) in [6.45, 7) is 3.92. The fraction of sp³-hybridized carbons (Fsp3) is 0.409. The highest BCUT2D eigenvalue weighted by molar-refractivity contribution is 5.78. The predicted octanol–water partition coefficient (Wildman–Crippen LogP) is 4.08. The summed E-state index contributed by atoms with van der Waals surface area (Å²) in [6.07, 6.45) is 2.51. The largest absolute Gasteiger partial charge is 0.340 e. The van der Waals surface area contributed by atoms with Crippen LogP contribution in [0.2, 0.25) is 0 Å². The van der Waals surface area contributed by atoms with Crippen molar-refractivity contribution in [2.24, 2.45) is 5.92 Å². The van der Waals surface area contributed by atoms with E-state index in [1.807, 2.05) is 25.2 Å². The number of carbonyl (C=O) groups is 1. The van der Waals surface area contributed by atoms with Crippen molar-refractivity contribution in [1.82, 2.24) is 9.80 Å². The minimum atomic E-state index is -0.255. The summed E-state index contributed by atoms with van der Waals surface area (Å²) in [7, 11) is 1.81. The van der Waals surface area contributed by atoms with Gasteiger partial charge in [0.15, 0.2) is 0 Å². The molecule has 1 aliphatic carbocycles. The van der Waals surface area contributed by atoms with Crippen LogP contribution < -0.4 is 0 Å². The van der Waals surface area contributed by atoms with Crippen molar-refractivity contribution in [3.05, 3.63) is 71.5 Å². The third kappa shape index (κ3) is 5.15. The number of hydrogen-bond donors (Lipinski definition) is 0. The maximum absolute atomic E-state index is 13.0. The summed E-state index contributed by atoms with van der Waals surface area (Å²) in [6, 6.07) is 17.0. The summed E-state index contributed by atoms with van der Waals surface area (Å²) in [4.78, 5) is 16.8. The lowest BCUT2D eigenvalue weighted by Crippen LogP contribution is -2.42. The van der Waals surface area contributed by atoms with E-state index in [0.29, 0.717) is 25.0 Å². The zero-order valence-electron chi connectivity index (χ0n) is 15.6. The standard InChI is InChI=1S/C22H27FN2O/c1-17(20-10-11-20)25(15-18-6-4-3-5-7-18)16-22(26)24(2)14-19-8-12-21(23)13-9-19/h3-9,12-13,17,20H,10-11,14-16H2,1-2H3. The molecule has 1 amide bonds. The molecule has 1 atom stereocenters. The lowest BCUT2D eigenvalue weighted by atomic mass is 10.1. The van der Waals surface area contributed by atoms with Crippen LogP contribution in [-0.2, 0) is 17.9 Å². The Kier molecular flexibility index (Phi) is 6.04. The van der Waals surface area contributed by atoms with Crippen molar-refractivity contribution >= 4 is 5.91 Å². The summed E-state index contributed by atoms with van der Waals surface area (Å²) in [5.41, 5.74) is 2.17. The van der Waals surface area contributed by atoms with Crippen LogP contribution in [0.5, 0.6) is 0 Å². The first-order chi connectivity index (χ1) is 12.5. The Balaban J connectivity index is 1.62. The van der Waals surface area contributed by atoms with Crippen LogP contribution in [0.1, 0.15) is 30.9 Å². The third-order valence-corrected chi connectivity index (χ3v) is 5.21. The number of halogens is 1. The highest BCUT2D eigenvalue weighted by Gasteiger charge is 2.33. The molecule has 1 fully saturated rings. The molecule has 1 saturated carbocycles. The quantitative estimate of drug-likeness (QED) is 0.713. The minimum absolute atomic E-state index is 0.0951. The maximum atomic E-state index is 13.0. The topological polar surface area (TPSA) is 23.6 Å². The van der Waals surface area contributed by atoms with Crippen molar-refractivity contribution in [2.45, 2.75) is 38.9 Å². The number of rotatable bonds is 8. The van der Waals surface area contributed by atoms with E-state index in [2.05, 4.69) is 24.0 Å². The monoisotopic (exact) mass is 354 g/mol. The first-order valence-corrected chi connectivity index (χ1v) is 9.29. The van der Waals surface area contributed by atoms with E-state index in [0.717, 1.165) is 12.1 Å². The summed E-state index contributed by atoms with van der Waals surface area (Å²) >= 11 is 0. The van der Waals surface area contributed by atoms with E-state index in [4.69, 9.17) is 0 Å². The first kappa shape index (κ1) is 18.6. The fourth-order valence-electron chi connectivity index (χ4n) is 3.28. The molecule has 2 aromatic rings. The first-order valence-electron chi connectivity index (χ1n) is 9.29. The number of likely N-dealkylation sites (N-methyl/N-ethyl adjacent to an activating group) is 1. The minimum Gasteiger partial charge on any atom is -0.340 e. The second-order valence-electron chi connectivity index (χ2n) is 7.34. The van der Waals surface area contributed by atoms with Crippen molar-refractivity contribution in [2.75, 3.05) is 13.6 Å². The fourth-order valence-corrected chi connectivity index (χ4v) is 3.28. The van der Waals surface area contributed by atoms with Crippen LogP contribution in [0.15, 0.2) is 54.6 Å². The number of hydrogen-bond acceptors (Lipinski definition) is 2. The highest BCUT2D eigenvalue weighted by atomic mass is 19.1. The van der Waals surface area contributed by atoms with Crippen LogP contribution in [0, 0.1) is 11.7 Å². The molecule has 0 spiro atoms. The molecule has 0 aliphatic heterocycles. The van der Waals surface area contributed by atoms with Gasteiger partial charge >= 0.3 is 0 Å². The van der Waals surface area contributed by atoms with Crippen molar-refractivity contribution in [1.29, 1.82) is 0 Å². The SMILES string of the molecule is CC(C1CC1)N(CC(=O)N(C)Cc1ccc(F)cc1)Cc1ccccc1. The maximum Gasteiger partial charge on any atom is 0.236 e. The van der Waals surface area contributed by atoms with Gasteiger partial charge in [0.1, 0.15) is 5.82 Å². The normalized spacial score (nSPS) is 15.1. The molecule has 0 radical (unpaired) electrons. The van der Waals surface area contributed by atoms with Gasteiger partial charge in [-0.25, -0.2) is 4.39 Å². The van der Waals surface area contributed by atoms with Gasteiger partial charge in [-0.15, -0.1) is 0 Å². The van der Waals surface area contributed by atoms with Gasteiger partial charge in [0.2, 0.25) is 5.91 Å². The van der Waals surface area contributed by atoms with Crippen molar-refractivity contribution in [3.63, 3.8) is 0 Å². The van der Waals surface area contributed by atoms with E-state index in [1.54, 1.807) is 17.0 Å². The summed E-state index contributed by atoms with van der Waals surface area (Å²) in [5, 5.41) is 0. The Morgan fingerprint density at radius 3 is 2.27 bits per heavy atom. The van der Waals surface area contributed by atoms with Crippen LogP contribution in [0.25, 0.3) is 0 Å². The molecule has 2 aromatic carbocycles. The molecule has 26 heavy (non-hydrogen) atoms. The molecule has 0 saturated heterocycles. The van der Waals surface area contributed by atoms with Crippen LogP contribution in [0.3, 0.4) is 0 Å². The summed E-state index contributed by atoms with van der Waals surface area (Å²) < 4.78 is 13.0. The van der Waals surface area contributed by atoms with Gasteiger partial charge in [-0.1, -0.05) is 42.5 Å². The lowest BCUT2D eigenvalue weighted by Gasteiger charge is -2.30. The Hall–Kier alpha value is -2.20. The molecule has 0 bridgehead atoms. The van der Waals surface area contributed by atoms with Gasteiger partial charge in [0.05, 0.1) is 6.54 Å². The van der Waals surface area contributed by atoms with E-state index < -0.39 is 0 Å². The van der Waals surface area contributed by atoms with E-state index in [9.17, 15) is 9.18 Å². The number of carbonyl (C=O) groups excluding carboxylic acids is 1. The molecule has 1 unspecified atom stereocenters. The van der Waals surface area contributed by atoms with Crippen LogP contribution >= 0.6 is 0 Å². The number of amides is 1. The molecular formula is C22H27FN2O. The second kappa shape index (κ2) is 8.45.